The molecule has 0 fully saturated rings. The van der Waals surface area contributed by atoms with Gasteiger partial charge in [0.15, 0.2) is 6.10 Å². The predicted molar refractivity (Wildman–Crippen MR) is 71.7 cm³/mol. The van der Waals surface area contributed by atoms with Gasteiger partial charge in [-0.3, -0.25) is 4.79 Å². The van der Waals surface area contributed by atoms with Crippen LogP contribution in [-0.2, 0) is 19.1 Å². The van der Waals surface area contributed by atoms with Crippen molar-refractivity contribution in [1.82, 2.24) is 10.2 Å². The van der Waals surface area contributed by atoms with Crippen LogP contribution in [0.15, 0.2) is 0 Å². The quantitative estimate of drug-likeness (QED) is 0.444. The smallest absolute Gasteiger partial charge is 0.332 e. The standard InChI is InChI=1S/C12H22N2O7/c1-3-21-10(16)8-14(6-7-20-2)12(19)13-5-4-9(15)11(17)18/h9,15H,3-8H2,1-2H3,(H,13,19)(H,17,18)/t9-/m0/s1. The van der Waals surface area contributed by atoms with Crippen molar-refractivity contribution in [3.63, 3.8) is 0 Å². The van der Waals surface area contributed by atoms with E-state index in [1.165, 1.54) is 12.0 Å². The highest BCUT2D eigenvalue weighted by Crippen LogP contribution is 1.95. The van der Waals surface area contributed by atoms with Gasteiger partial charge in [-0.2, -0.15) is 0 Å². The van der Waals surface area contributed by atoms with Crippen molar-refractivity contribution in [2.75, 3.05) is 40.0 Å². The minimum absolute atomic E-state index is 0.0292. The molecule has 9 nitrogen and oxygen atoms in total. The molecule has 0 aromatic rings. The van der Waals surface area contributed by atoms with Crippen molar-refractivity contribution < 1.29 is 34.1 Å². The number of rotatable bonds is 10. The lowest BCUT2D eigenvalue weighted by Gasteiger charge is -2.22. The zero-order valence-electron chi connectivity index (χ0n) is 12.2. The number of nitrogens with one attached hydrogen (secondary N) is 1. The lowest BCUT2D eigenvalue weighted by molar-refractivity contribution is -0.146. The Morgan fingerprint density at radius 1 is 1.33 bits per heavy atom. The van der Waals surface area contributed by atoms with Crippen LogP contribution in [0.3, 0.4) is 0 Å². The number of urea groups is 1. The Kier molecular flexibility index (Phi) is 9.90. The van der Waals surface area contributed by atoms with Crippen molar-refractivity contribution in [1.29, 1.82) is 0 Å². The lowest BCUT2D eigenvalue weighted by atomic mass is 10.2. The minimum atomic E-state index is -1.54. The van der Waals surface area contributed by atoms with Gasteiger partial charge in [0.1, 0.15) is 6.54 Å². The Labute approximate surface area is 122 Å². The number of methoxy groups -OCH3 is 1. The molecule has 9 heteroatoms. The number of aliphatic hydroxyl groups excluding tert-OH is 1. The molecule has 0 spiro atoms. The Bertz CT molecular complexity index is 348. The number of esters is 1. The monoisotopic (exact) mass is 306 g/mol. The van der Waals surface area contributed by atoms with Crippen molar-refractivity contribution in [2.45, 2.75) is 19.4 Å². The molecule has 0 aliphatic carbocycles. The van der Waals surface area contributed by atoms with Gasteiger partial charge in [0.25, 0.3) is 0 Å². The first-order valence-electron chi connectivity index (χ1n) is 6.50. The van der Waals surface area contributed by atoms with Crippen LogP contribution in [0, 0.1) is 0 Å². The summed E-state index contributed by atoms with van der Waals surface area (Å²) in [7, 11) is 1.46. The van der Waals surface area contributed by atoms with E-state index in [-0.39, 0.29) is 39.3 Å². The zero-order chi connectivity index (χ0) is 16.3. The summed E-state index contributed by atoms with van der Waals surface area (Å²) >= 11 is 0. The summed E-state index contributed by atoms with van der Waals surface area (Å²) < 4.78 is 9.60. The van der Waals surface area contributed by atoms with E-state index in [0.717, 1.165) is 0 Å². The predicted octanol–water partition coefficient (Wildman–Crippen LogP) is -0.957. The first kappa shape index (κ1) is 19.1. The molecule has 0 radical (unpaired) electrons. The van der Waals surface area contributed by atoms with Crippen molar-refractivity contribution >= 4 is 18.0 Å². The second kappa shape index (κ2) is 10.9. The fourth-order valence-electron chi connectivity index (χ4n) is 1.37. The number of aliphatic hydroxyl groups is 1. The second-order valence-corrected chi connectivity index (χ2v) is 4.09. The molecular formula is C12H22N2O7. The van der Waals surface area contributed by atoms with Gasteiger partial charge in [0.05, 0.1) is 13.2 Å². The van der Waals surface area contributed by atoms with Gasteiger partial charge in [0, 0.05) is 26.6 Å². The third kappa shape index (κ3) is 8.82. The zero-order valence-corrected chi connectivity index (χ0v) is 12.2. The molecule has 0 aromatic carbocycles. The number of nitrogens with zero attached hydrogens (tertiary/aromatic N) is 1. The van der Waals surface area contributed by atoms with E-state index in [2.05, 4.69) is 5.32 Å². The van der Waals surface area contributed by atoms with Gasteiger partial charge in [0.2, 0.25) is 0 Å². The molecule has 21 heavy (non-hydrogen) atoms. The van der Waals surface area contributed by atoms with E-state index in [0.29, 0.717) is 0 Å². The van der Waals surface area contributed by atoms with Gasteiger partial charge in [-0.1, -0.05) is 0 Å². The normalized spacial score (nSPS) is 11.6. The second-order valence-electron chi connectivity index (χ2n) is 4.09. The van der Waals surface area contributed by atoms with Crippen LogP contribution in [0.1, 0.15) is 13.3 Å². The van der Waals surface area contributed by atoms with Crippen LogP contribution in [0.25, 0.3) is 0 Å². The number of carboxylic acids is 1. The topological polar surface area (TPSA) is 125 Å². The fraction of sp³-hybridized carbons (Fsp3) is 0.750. The highest BCUT2D eigenvalue weighted by Gasteiger charge is 2.18. The van der Waals surface area contributed by atoms with Gasteiger partial charge in [-0.25, -0.2) is 9.59 Å². The number of aliphatic carboxylic acids is 1. The molecule has 0 bridgehead atoms. The summed E-state index contributed by atoms with van der Waals surface area (Å²) in [6, 6.07) is -0.558. The first-order valence-corrected chi connectivity index (χ1v) is 6.50. The van der Waals surface area contributed by atoms with E-state index in [1.54, 1.807) is 6.92 Å². The van der Waals surface area contributed by atoms with Crippen molar-refractivity contribution in [3.05, 3.63) is 0 Å². The van der Waals surface area contributed by atoms with Crippen LogP contribution >= 0.6 is 0 Å². The van der Waals surface area contributed by atoms with E-state index >= 15 is 0 Å². The largest absolute Gasteiger partial charge is 0.479 e. The first-order chi connectivity index (χ1) is 9.92. The van der Waals surface area contributed by atoms with Crippen LogP contribution in [-0.4, -0.2) is 79.1 Å². The maximum Gasteiger partial charge on any atom is 0.332 e. The van der Waals surface area contributed by atoms with Crippen LogP contribution in [0.2, 0.25) is 0 Å². The SMILES string of the molecule is CCOC(=O)CN(CCOC)C(=O)NCC[C@H](O)C(=O)O. The Hall–Kier alpha value is -1.87. The maximum atomic E-state index is 11.9. The molecule has 2 amide bonds. The van der Waals surface area contributed by atoms with Gasteiger partial charge in [-0.15, -0.1) is 0 Å². The molecule has 3 N–H and O–H groups in total. The molecule has 1 atom stereocenters. The van der Waals surface area contributed by atoms with Crippen molar-refractivity contribution in [3.8, 4) is 0 Å². The molecule has 0 rings (SSSR count). The Morgan fingerprint density at radius 3 is 2.52 bits per heavy atom. The van der Waals surface area contributed by atoms with Crippen LogP contribution in [0.5, 0.6) is 0 Å². The molecule has 0 heterocycles. The number of carbonyl (C=O) groups is 3. The van der Waals surface area contributed by atoms with Crippen molar-refractivity contribution in [2.24, 2.45) is 0 Å². The number of hydrogen-bond acceptors (Lipinski definition) is 6. The molecule has 122 valence electrons. The summed E-state index contributed by atoms with van der Waals surface area (Å²) in [6.45, 7) is 2.03. The molecule has 0 saturated carbocycles. The highest BCUT2D eigenvalue weighted by atomic mass is 16.5. The number of ether oxygens (including phenoxy) is 2. The average molecular weight is 306 g/mol. The number of carbonyl (C=O) groups excluding carboxylic acids is 2. The van der Waals surface area contributed by atoms with Gasteiger partial charge in [-0.05, 0) is 6.92 Å². The molecular weight excluding hydrogens is 284 g/mol. The highest BCUT2D eigenvalue weighted by molar-refractivity contribution is 5.81. The third-order valence-corrected chi connectivity index (χ3v) is 2.46. The summed E-state index contributed by atoms with van der Waals surface area (Å²) in [4.78, 5) is 34.9. The number of hydrogen-bond donors (Lipinski definition) is 3. The fourth-order valence-corrected chi connectivity index (χ4v) is 1.37. The molecule has 0 aliphatic rings. The van der Waals surface area contributed by atoms with E-state index in [1.807, 2.05) is 0 Å². The van der Waals surface area contributed by atoms with Crippen LogP contribution in [0.4, 0.5) is 4.79 Å². The molecule has 0 aromatic heterocycles. The minimum Gasteiger partial charge on any atom is -0.479 e. The van der Waals surface area contributed by atoms with Gasteiger partial charge < -0.3 is 29.9 Å². The number of carboxylic acid groups (broad SMARTS) is 1. The summed E-state index contributed by atoms with van der Waals surface area (Å²) in [5.41, 5.74) is 0. The average Bonchev–Trinajstić information content (AvgIpc) is 2.43. The van der Waals surface area contributed by atoms with E-state index < -0.39 is 24.1 Å². The van der Waals surface area contributed by atoms with E-state index in [9.17, 15) is 14.4 Å². The van der Waals surface area contributed by atoms with Crippen LogP contribution < -0.4 is 5.32 Å². The summed E-state index contributed by atoms with van der Waals surface area (Å²) in [6.07, 6.45) is -1.67. The third-order valence-electron chi connectivity index (χ3n) is 2.46. The summed E-state index contributed by atoms with van der Waals surface area (Å²) in [5, 5.41) is 20.0. The molecule has 0 unspecified atom stereocenters. The summed E-state index contributed by atoms with van der Waals surface area (Å²) in [5.74, 6) is -1.90. The lowest BCUT2D eigenvalue weighted by Crippen LogP contribution is -2.45. The molecule has 0 aliphatic heterocycles. The van der Waals surface area contributed by atoms with Gasteiger partial charge >= 0.3 is 18.0 Å². The van der Waals surface area contributed by atoms with E-state index in [4.69, 9.17) is 19.7 Å². The maximum absolute atomic E-state index is 11.9. The Balaban J connectivity index is 4.30. The number of amides is 2. The molecule has 0 saturated heterocycles. The Morgan fingerprint density at radius 2 is 2.00 bits per heavy atom.